The smallest absolute Gasteiger partial charge is 0.306 e. The van der Waals surface area contributed by atoms with Crippen molar-refractivity contribution >= 4 is 29.4 Å². The lowest BCUT2D eigenvalue weighted by atomic mass is 10.0. The Morgan fingerprint density at radius 2 is 1.65 bits per heavy atom. The molecule has 0 radical (unpaired) electrons. The van der Waals surface area contributed by atoms with E-state index in [0.717, 1.165) is 0 Å². The first kappa shape index (κ1) is 17.3. The molecule has 0 saturated heterocycles. The Morgan fingerprint density at radius 3 is 2.26 bits per heavy atom. The quantitative estimate of drug-likeness (QED) is 0.688. The van der Waals surface area contributed by atoms with Crippen LogP contribution in [0.2, 0.25) is 5.02 Å². The molecule has 124 valence electrons. The van der Waals surface area contributed by atoms with E-state index in [1.54, 1.807) is 24.3 Å². The molecule has 0 aliphatic heterocycles. The Bertz CT molecular complexity index is 588. The fourth-order valence-electron chi connectivity index (χ4n) is 2.65. The summed E-state index contributed by atoms with van der Waals surface area (Å²) < 4.78 is 0. The summed E-state index contributed by atoms with van der Waals surface area (Å²) in [6.07, 6.45) is 1.53. The number of halogens is 1. The molecule has 1 saturated carbocycles. The predicted molar refractivity (Wildman–Crippen MR) is 85.3 cm³/mol. The van der Waals surface area contributed by atoms with E-state index in [4.69, 9.17) is 16.7 Å². The highest BCUT2D eigenvalue weighted by atomic mass is 35.5. The van der Waals surface area contributed by atoms with E-state index in [-0.39, 0.29) is 17.7 Å². The minimum absolute atomic E-state index is 0.144. The van der Waals surface area contributed by atoms with Crippen LogP contribution in [0.5, 0.6) is 0 Å². The highest BCUT2D eigenvalue weighted by molar-refractivity contribution is 6.30. The first-order valence-corrected chi connectivity index (χ1v) is 7.89. The van der Waals surface area contributed by atoms with Gasteiger partial charge in [-0.25, -0.2) is 0 Å². The van der Waals surface area contributed by atoms with Crippen molar-refractivity contribution in [2.45, 2.75) is 19.3 Å². The van der Waals surface area contributed by atoms with Gasteiger partial charge in [0.15, 0.2) is 0 Å². The molecule has 0 bridgehead atoms. The summed E-state index contributed by atoms with van der Waals surface area (Å²) in [5, 5.41) is 14.9. The monoisotopic (exact) mass is 338 g/mol. The van der Waals surface area contributed by atoms with Gasteiger partial charge in [0, 0.05) is 29.6 Å². The number of carbonyl (C=O) groups is 3. The molecule has 23 heavy (non-hydrogen) atoms. The van der Waals surface area contributed by atoms with E-state index in [9.17, 15) is 14.4 Å². The molecule has 1 aromatic rings. The molecule has 0 unspecified atom stereocenters. The first-order chi connectivity index (χ1) is 11.0. The Kier molecular flexibility index (Phi) is 5.98. The molecular weight excluding hydrogens is 320 g/mol. The van der Waals surface area contributed by atoms with Crippen LogP contribution in [0.3, 0.4) is 0 Å². The van der Waals surface area contributed by atoms with Crippen LogP contribution in [0.1, 0.15) is 29.6 Å². The number of carboxylic acid groups (broad SMARTS) is 1. The van der Waals surface area contributed by atoms with Gasteiger partial charge in [-0.05, 0) is 43.5 Å². The lowest BCUT2D eigenvalue weighted by Gasteiger charge is -2.11. The summed E-state index contributed by atoms with van der Waals surface area (Å²) in [6, 6.07) is 6.52. The number of aliphatic carboxylic acids is 1. The van der Waals surface area contributed by atoms with Gasteiger partial charge in [-0.1, -0.05) is 11.6 Å². The molecule has 2 amide bonds. The van der Waals surface area contributed by atoms with Crippen LogP contribution < -0.4 is 10.6 Å². The van der Waals surface area contributed by atoms with Gasteiger partial charge in [0.25, 0.3) is 5.91 Å². The topological polar surface area (TPSA) is 95.5 Å². The second kappa shape index (κ2) is 7.97. The van der Waals surface area contributed by atoms with Crippen molar-refractivity contribution < 1.29 is 19.5 Å². The van der Waals surface area contributed by atoms with Crippen molar-refractivity contribution in [1.29, 1.82) is 0 Å². The fourth-order valence-corrected chi connectivity index (χ4v) is 2.78. The number of rotatable bonds is 6. The second-order valence-electron chi connectivity index (χ2n) is 5.60. The number of benzene rings is 1. The standard InChI is InChI=1S/C16H19ClN2O4/c17-13-5-3-10(4-6-13)14(20)18-7-8-19-15(21)11-1-2-12(9-11)16(22)23/h3-6,11-12H,1-2,7-9H2,(H,18,20)(H,19,21)(H,22,23)/t11-,12+/m0/s1. The van der Waals surface area contributed by atoms with Gasteiger partial charge in [0.1, 0.15) is 0 Å². The van der Waals surface area contributed by atoms with Gasteiger partial charge in [-0.3, -0.25) is 14.4 Å². The molecule has 6 nitrogen and oxygen atoms in total. The number of nitrogens with one attached hydrogen (secondary N) is 2. The van der Waals surface area contributed by atoms with Crippen LogP contribution in [0, 0.1) is 11.8 Å². The maximum absolute atomic E-state index is 11.9. The largest absolute Gasteiger partial charge is 0.481 e. The van der Waals surface area contributed by atoms with Gasteiger partial charge < -0.3 is 15.7 Å². The summed E-state index contributed by atoms with van der Waals surface area (Å²) in [6.45, 7) is 0.620. The SMILES string of the molecule is O=C(NCCNC(=O)[C@H]1CC[C@@H](C(=O)O)C1)c1ccc(Cl)cc1. The zero-order valence-electron chi connectivity index (χ0n) is 12.5. The minimum Gasteiger partial charge on any atom is -0.481 e. The van der Waals surface area contributed by atoms with E-state index in [1.165, 1.54) is 0 Å². The van der Waals surface area contributed by atoms with Crippen LogP contribution in [-0.4, -0.2) is 36.0 Å². The molecule has 1 fully saturated rings. The van der Waals surface area contributed by atoms with Gasteiger partial charge in [-0.2, -0.15) is 0 Å². The lowest BCUT2D eigenvalue weighted by molar-refractivity contribution is -0.141. The highest BCUT2D eigenvalue weighted by Gasteiger charge is 2.33. The molecule has 3 N–H and O–H groups in total. The first-order valence-electron chi connectivity index (χ1n) is 7.51. The Labute approximate surface area is 139 Å². The van der Waals surface area contributed by atoms with Crippen LogP contribution in [0.15, 0.2) is 24.3 Å². The van der Waals surface area contributed by atoms with Crippen molar-refractivity contribution in [1.82, 2.24) is 10.6 Å². The van der Waals surface area contributed by atoms with Gasteiger partial charge >= 0.3 is 5.97 Å². The number of carboxylic acids is 1. The van der Waals surface area contributed by atoms with Gasteiger partial charge in [0.2, 0.25) is 5.91 Å². The molecule has 0 heterocycles. The number of carbonyl (C=O) groups excluding carboxylic acids is 2. The minimum atomic E-state index is -0.837. The maximum Gasteiger partial charge on any atom is 0.306 e. The summed E-state index contributed by atoms with van der Waals surface area (Å²) >= 11 is 5.75. The third-order valence-electron chi connectivity index (χ3n) is 3.97. The van der Waals surface area contributed by atoms with E-state index >= 15 is 0 Å². The molecule has 0 aromatic heterocycles. The Morgan fingerprint density at radius 1 is 1.04 bits per heavy atom. The second-order valence-corrected chi connectivity index (χ2v) is 6.04. The number of hydrogen-bond donors (Lipinski definition) is 3. The van der Waals surface area contributed by atoms with Crippen molar-refractivity contribution in [2.75, 3.05) is 13.1 Å². The molecule has 1 aliphatic carbocycles. The number of hydrogen-bond acceptors (Lipinski definition) is 3. The Balaban J connectivity index is 1.67. The predicted octanol–water partition coefficient (Wildman–Crippen LogP) is 1.69. The van der Waals surface area contributed by atoms with Crippen molar-refractivity contribution in [3.63, 3.8) is 0 Å². The lowest BCUT2D eigenvalue weighted by Crippen LogP contribution is -2.37. The Hall–Kier alpha value is -2.08. The molecule has 2 rings (SSSR count). The molecule has 2 atom stereocenters. The van der Waals surface area contributed by atoms with Crippen molar-refractivity contribution in [3.8, 4) is 0 Å². The molecule has 1 aliphatic rings. The third-order valence-corrected chi connectivity index (χ3v) is 4.22. The average molecular weight is 339 g/mol. The van der Waals surface area contributed by atoms with Crippen molar-refractivity contribution in [2.24, 2.45) is 11.8 Å². The summed E-state index contributed by atoms with van der Waals surface area (Å²) in [5.41, 5.74) is 0.501. The van der Waals surface area contributed by atoms with Crippen molar-refractivity contribution in [3.05, 3.63) is 34.9 Å². The fraction of sp³-hybridized carbons (Fsp3) is 0.438. The summed E-state index contributed by atoms with van der Waals surface area (Å²) in [4.78, 5) is 34.7. The zero-order chi connectivity index (χ0) is 16.8. The highest BCUT2D eigenvalue weighted by Crippen LogP contribution is 2.30. The third kappa shape index (κ3) is 4.96. The van der Waals surface area contributed by atoms with Crippen LogP contribution in [-0.2, 0) is 9.59 Å². The van der Waals surface area contributed by atoms with Crippen LogP contribution in [0.4, 0.5) is 0 Å². The zero-order valence-corrected chi connectivity index (χ0v) is 13.3. The molecule has 0 spiro atoms. The number of amides is 2. The average Bonchev–Trinajstić information content (AvgIpc) is 3.02. The van der Waals surface area contributed by atoms with E-state index in [2.05, 4.69) is 10.6 Å². The van der Waals surface area contributed by atoms with E-state index < -0.39 is 11.9 Å². The molecule has 7 heteroatoms. The summed E-state index contributed by atoms with van der Waals surface area (Å²) in [5.74, 6) is -1.88. The molecular formula is C16H19ClN2O4. The molecule has 1 aromatic carbocycles. The van der Waals surface area contributed by atoms with Gasteiger partial charge in [-0.15, -0.1) is 0 Å². The van der Waals surface area contributed by atoms with E-state index in [1.807, 2.05) is 0 Å². The van der Waals surface area contributed by atoms with E-state index in [0.29, 0.717) is 42.9 Å². The van der Waals surface area contributed by atoms with Crippen LogP contribution >= 0.6 is 11.6 Å². The normalized spacial score (nSPS) is 20.0. The maximum atomic E-state index is 11.9. The van der Waals surface area contributed by atoms with Crippen LogP contribution in [0.25, 0.3) is 0 Å². The van der Waals surface area contributed by atoms with Gasteiger partial charge in [0.05, 0.1) is 5.92 Å². The summed E-state index contributed by atoms with van der Waals surface area (Å²) in [7, 11) is 0.